The second-order valence-corrected chi connectivity index (χ2v) is 4.89. The number of aromatic nitrogens is 1. The molecule has 98 valence electrons. The molecule has 2 aromatic rings. The van der Waals surface area contributed by atoms with E-state index in [0.717, 1.165) is 10.2 Å². The maximum Gasteiger partial charge on any atom is 0.259 e. The Morgan fingerprint density at radius 1 is 1.32 bits per heavy atom. The normalized spacial score (nSPS) is 10.1. The summed E-state index contributed by atoms with van der Waals surface area (Å²) in [6.07, 6.45) is 1.50. The number of aryl methyl sites for hydroxylation is 1. The summed E-state index contributed by atoms with van der Waals surface area (Å²) < 4.78 is 0.951. The molecule has 0 fully saturated rings. The molecule has 1 aromatic carbocycles. The maximum atomic E-state index is 12.1. The quantitative estimate of drug-likeness (QED) is 0.600. The number of hydrogen-bond acceptors (Lipinski definition) is 4. The highest BCUT2D eigenvalue weighted by atomic mass is 79.9. The fourth-order valence-corrected chi connectivity index (χ4v) is 1.86. The fraction of sp³-hybridized carbons (Fsp3) is 0.0769. The van der Waals surface area contributed by atoms with Gasteiger partial charge in [0.1, 0.15) is 0 Å². The highest BCUT2D eigenvalue weighted by molar-refractivity contribution is 9.10. The highest BCUT2D eigenvalue weighted by Crippen LogP contribution is 2.18. The predicted octanol–water partition coefficient (Wildman–Crippen LogP) is 2.69. The van der Waals surface area contributed by atoms with Crippen molar-refractivity contribution in [2.75, 3.05) is 10.7 Å². The van der Waals surface area contributed by atoms with Gasteiger partial charge in [-0.2, -0.15) is 0 Å². The standard InChI is InChI=1S/C13H13BrN4O/c1-8-6-12(18-15)11(7-16-8)13(19)17-10-4-2-9(14)3-5-10/h2-7H,15H2,1H3,(H,16,18)(H,17,19). The Bertz CT molecular complexity index is 598. The van der Waals surface area contributed by atoms with Crippen LogP contribution in [0.4, 0.5) is 11.4 Å². The maximum absolute atomic E-state index is 12.1. The van der Waals surface area contributed by atoms with Gasteiger partial charge < -0.3 is 10.7 Å². The Kier molecular flexibility index (Phi) is 4.13. The molecule has 2 rings (SSSR count). The van der Waals surface area contributed by atoms with Crippen molar-refractivity contribution in [2.45, 2.75) is 6.92 Å². The number of nitrogens with two attached hydrogens (primary N) is 1. The van der Waals surface area contributed by atoms with Crippen LogP contribution in [0.15, 0.2) is 41.0 Å². The molecule has 1 aromatic heterocycles. The Hall–Kier alpha value is -1.92. The molecule has 1 amide bonds. The van der Waals surface area contributed by atoms with Crippen molar-refractivity contribution in [3.05, 3.63) is 52.3 Å². The first-order valence-corrected chi connectivity index (χ1v) is 6.39. The van der Waals surface area contributed by atoms with E-state index >= 15 is 0 Å². The van der Waals surface area contributed by atoms with Gasteiger partial charge in [0.05, 0.1) is 11.3 Å². The number of halogens is 1. The van der Waals surface area contributed by atoms with Gasteiger partial charge in [-0.05, 0) is 37.3 Å². The lowest BCUT2D eigenvalue weighted by Crippen LogP contribution is -2.17. The number of hydrogen-bond donors (Lipinski definition) is 3. The first-order chi connectivity index (χ1) is 9.10. The second kappa shape index (κ2) is 5.81. The third-order valence-electron chi connectivity index (χ3n) is 2.54. The largest absolute Gasteiger partial charge is 0.323 e. The van der Waals surface area contributed by atoms with Gasteiger partial charge in [0.15, 0.2) is 0 Å². The van der Waals surface area contributed by atoms with E-state index in [1.54, 1.807) is 18.2 Å². The Morgan fingerprint density at radius 3 is 2.63 bits per heavy atom. The molecular weight excluding hydrogens is 308 g/mol. The van der Waals surface area contributed by atoms with Crippen molar-refractivity contribution in [3.63, 3.8) is 0 Å². The molecule has 0 atom stereocenters. The lowest BCUT2D eigenvalue weighted by molar-refractivity contribution is 0.102. The predicted molar refractivity (Wildman–Crippen MR) is 78.9 cm³/mol. The van der Waals surface area contributed by atoms with Gasteiger partial charge in [0, 0.05) is 22.1 Å². The number of rotatable bonds is 3. The molecule has 0 bridgehead atoms. The number of anilines is 2. The van der Waals surface area contributed by atoms with Crippen LogP contribution in [0, 0.1) is 6.92 Å². The summed E-state index contributed by atoms with van der Waals surface area (Å²) in [6, 6.07) is 9.03. The Labute approximate surface area is 119 Å². The third-order valence-corrected chi connectivity index (χ3v) is 3.07. The van der Waals surface area contributed by atoms with Gasteiger partial charge in [-0.25, -0.2) is 0 Å². The van der Waals surface area contributed by atoms with E-state index in [-0.39, 0.29) is 5.91 Å². The number of amides is 1. The molecule has 0 unspecified atom stereocenters. The van der Waals surface area contributed by atoms with Crippen LogP contribution in [-0.4, -0.2) is 10.9 Å². The summed E-state index contributed by atoms with van der Waals surface area (Å²) in [6.45, 7) is 1.83. The second-order valence-electron chi connectivity index (χ2n) is 3.98. The Balaban J connectivity index is 2.22. The first kappa shape index (κ1) is 13.5. The topological polar surface area (TPSA) is 80.0 Å². The SMILES string of the molecule is Cc1cc(NN)c(C(=O)Nc2ccc(Br)cc2)cn1. The summed E-state index contributed by atoms with van der Waals surface area (Å²) in [7, 11) is 0. The third kappa shape index (κ3) is 3.30. The first-order valence-electron chi connectivity index (χ1n) is 5.60. The van der Waals surface area contributed by atoms with Crippen molar-refractivity contribution in [1.29, 1.82) is 0 Å². The van der Waals surface area contributed by atoms with E-state index in [2.05, 4.69) is 31.7 Å². The van der Waals surface area contributed by atoms with Gasteiger partial charge in [-0.1, -0.05) is 15.9 Å². The van der Waals surface area contributed by atoms with Gasteiger partial charge >= 0.3 is 0 Å². The average Bonchev–Trinajstić information content (AvgIpc) is 2.41. The fourth-order valence-electron chi connectivity index (χ4n) is 1.59. The molecule has 0 aliphatic rings. The Morgan fingerprint density at radius 2 is 2.00 bits per heavy atom. The molecule has 0 aliphatic carbocycles. The van der Waals surface area contributed by atoms with E-state index in [4.69, 9.17) is 5.84 Å². The molecule has 0 radical (unpaired) electrons. The van der Waals surface area contributed by atoms with Crippen LogP contribution in [0.2, 0.25) is 0 Å². The van der Waals surface area contributed by atoms with Crippen molar-refractivity contribution in [2.24, 2.45) is 5.84 Å². The lowest BCUT2D eigenvalue weighted by Gasteiger charge is -2.10. The number of nitrogen functional groups attached to an aromatic ring is 1. The number of carbonyl (C=O) groups is 1. The molecule has 6 heteroatoms. The van der Waals surface area contributed by atoms with E-state index in [1.165, 1.54) is 6.20 Å². The molecule has 19 heavy (non-hydrogen) atoms. The van der Waals surface area contributed by atoms with Crippen molar-refractivity contribution < 1.29 is 4.79 Å². The van der Waals surface area contributed by atoms with E-state index in [9.17, 15) is 4.79 Å². The van der Waals surface area contributed by atoms with Crippen LogP contribution in [0.1, 0.15) is 16.1 Å². The molecule has 0 saturated carbocycles. The van der Waals surface area contributed by atoms with Gasteiger partial charge in [0.2, 0.25) is 0 Å². The summed E-state index contributed by atoms with van der Waals surface area (Å²) in [5.74, 6) is 5.15. The van der Waals surface area contributed by atoms with Gasteiger partial charge in [-0.3, -0.25) is 15.6 Å². The van der Waals surface area contributed by atoms with Gasteiger partial charge in [0.25, 0.3) is 5.91 Å². The number of hydrazine groups is 1. The summed E-state index contributed by atoms with van der Waals surface area (Å²) in [5.41, 5.74) is 4.94. The van der Waals surface area contributed by atoms with Crippen LogP contribution < -0.4 is 16.6 Å². The van der Waals surface area contributed by atoms with Crippen LogP contribution in [-0.2, 0) is 0 Å². The number of nitrogens with one attached hydrogen (secondary N) is 2. The summed E-state index contributed by atoms with van der Waals surface area (Å²) in [4.78, 5) is 16.2. The number of carbonyl (C=O) groups excluding carboxylic acids is 1. The monoisotopic (exact) mass is 320 g/mol. The minimum absolute atomic E-state index is 0.261. The summed E-state index contributed by atoms with van der Waals surface area (Å²) in [5, 5.41) is 2.78. The van der Waals surface area contributed by atoms with Crippen LogP contribution in [0.3, 0.4) is 0 Å². The molecule has 1 heterocycles. The van der Waals surface area contributed by atoms with Crippen molar-refractivity contribution >= 4 is 33.2 Å². The zero-order chi connectivity index (χ0) is 13.8. The van der Waals surface area contributed by atoms with Crippen LogP contribution >= 0.6 is 15.9 Å². The molecule has 4 N–H and O–H groups in total. The highest BCUT2D eigenvalue weighted by Gasteiger charge is 2.12. The zero-order valence-electron chi connectivity index (χ0n) is 10.3. The van der Waals surface area contributed by atoms with Gasteiger partial charge in [-0.15, -0.1) is 0 Å². The van der Waals surface area contributed by atoms with Crippen LogP contribution in [0.25, 0.3) is 0 Å². The summed E-state index contributed by atoms with van der Waals surface area (Å²) >= 11 is 3.34. The molecule has 0 spiro atoms. The van der Waals surface area contributed by atoms with E-state index in [1.807, 2.05) is 19.1 Å². The number of nitrogens with zero attached hydrogens (tertiary/aromatic N) is 1. The zero-order valence-corrected chi connectivity index (χ0v) is 11.9. The molecule has 5 nitrogen and oxygen atoms in total. The van der Waals surface area contributed by atoms with Crippen molar-refractivity contribution in [1.82, 2.24) is 4.98 Å². The van der Waals surface area contributed by atoms with E-state index in [0.29, 0.717) is 16.9 Å². The van der Waals surface area contributed by atoms with Crippen LogP contribution in [0.5, 0.6) is 0 Å². The molecular formula is C13H13BrN4O. The average molecular weight is 321 g/mol. The molecule has 0 saturated heterocycles. The number of benzene rings is 1. The van der Waals surface area contributed by atoms with Crippen molar-refractivity contribution in [3.8, 4) is 0 Å². The van der Waals surface area contributed by atoms with E-state index < -0.39 is 0 Å². The minimum atomic E-state index is -0.261. The molecule has 0 aliphatic heterocycles. The minimum Gasteiger partial charge on any atom is -0.323 e. The smallest absolute Gasteiger partial charge is 0.259 e. The lowest BCUT2D eigenvalue weighted by atomic mass is 10.2. The number of pyridine rings is 1.